The van der Waals surface area contributed by atoms with E-state index in [9.17, 15) is 14.3 Å². The molecule has 8 nitrogen and oxygen atoms in total. The Kier molecular flexibility index (Phi) is 8.42. The Morgan fingerprint density at radius 3 is 2.67 bits per heavy atom. The second-order valence-corrected chi connectivity index (χ2v) is 11.6. The number of nitrogens with zero attached hydrogens (tertiary/aromatic N) is 4. The van der Waals surface area contributed by atoms with Crippen LogP contribution in [0.3, 0.4) is 0 Å². The predicted octanol–water partition coefficient (Wildman–Crippen LogP) is 6.62. The Morgan fingerprint density at radius 1 is 1.07 bits per heavy atom. The number of likely N-dealkylation sites (tertiary alicyclic amines) is 1. The van der Waals surface area contributed by atoms with Crippen molar-refractivity contribution in [3.63, 3.8) is 0 Å². The van der Waals surface area contributed by atoms with Gasteiger partial charge in [0.1, 0.15) is 18.2 Å². The van der Waals surface area contributed by atoms with E-state index in [1.807, 2.05) is 18.2 Å². The molecule has 1 aliphatic heterocycles. The third kappa shape index (κ3) is 6.00. The van der Waals surface area contributed by atoms with E-state index in [0.29, 0.717) is 28.9 Å². The highest BCUT2D eigenvalue weighted by atomic mass is 35.5. The van der Waals surface area contributed by atoms with Crippen LogP contribution in [0.5, 0.6) is 5.88 Å². The molecule has 2 aliphatic rings. The number of methoxy groups -OCH3 is 1. The van der Waals surface area contributed by atoms with Crippen LogP contribution in [0.4, 0.5) is 4.39 Å². The van der Waals surface area contributed by atoms with Gasteiger partial charge < -0.3 is 19.1 Å². The van der Waals surface area contributed by atoms with Gasteiger partial charge in [-0.15, -0.1) is 0 Å². The second-order valence-electron chi connectivity index (χ2n) is 11.2. The first-order chi connectivity index (χ1) is 20.4. The minimum Gasteiger partial charge on any atom is -0.478 e. The van der Waals surface area contributed by atoms with E-state index in [0.717, 1.165) is 67.7 Å². The van der Waals surface area contributed by atoms with Crippen molar-refractivity contribution in [3.05, 3.63) is 88.1 Å². The number of benzene rings is 2. The second kappa shape index (κ2) is 12.4. The van der Waals surface area contributed by atoms with Crippen LogP contribution in [-0.4, -0.2) is 56.8 Å². The average Bonchev–Trinajstić information content (AvgIpc) is 3.60. The SMILES string of the molecule is CO[C@H]1CCC[C@@H]1n1c(CN2CCC(c3cccc(OCc4ccc(Cl)cc4F)n3)CC2)nc2ccc(C(=O)O)cc21. The van der Waals surface area contributed by atoms with Crippen LogP contribution in [0.25, 0.3) is 11.0 Å². The highest BCUT2D eigenvalue weighted by molar-refractivity contribution is 6.30. The molecule has 6 rings (SSSR count). The molecular formula is C32H34ClFN4O4. The molecule has 42 heavy (non-hydrogen) atoms. The number of carboxylic acids is 1. The van der Waals surface area contributed by atoms with Gasteiger partial charge in [0.2, 0.25) is 5.88 Å². The number of piperidine rings is 1. The maximum absolute atomic E-state index is 14.2. The zero-order valence-corrected chi connectivity index (χ0v) is 24.3. The topological polar surface area (TPSA) is 89.7 Å². The Balaban J connectivity index is 1.14. The van der Waals surface area contributed by atoms with Crippen molar-refractivity contribution >= 4 is 28.6 Å². The van der Waals surface area contributed by atoms with Crippen molar-refractivity contribution in [1.82, 2.24) is 19.4 Å². The molecule has 1 saturated heterocycles. The average molecular weight is 593 g/mol. The van der Waals surface area contributed by atoms with Crippen LogP contribution >= 0.6 is 11.6 Å². The molecule has 1 aliphatic carbocycles. The highest BCUT2D eigenvalue weighted by Gasteiger charge is 2.33. The van der Waals surface area contributed by atoms with Gasteiger partial charge in [0.05, 0.1) is 35.3 Å². The summed E-state index contributed by atoms with van der Waals surface area (Å²) >= 11 is 5.85. The van der Waals surface area contributed by atoms with Gasteiger partial charge in [0.15, 0.2) is 0 Å². The fraction of sp³-hybridized carbons (Fsp3) is 0.406. The number of ether oxygens (including phenoxy) is 2. The minimum atomic E-state index is -0.941. The van der Waals surface area contributed by atoms with Crippen molar-refractivity contribution < 1.29 is 23.8 Å². The number of fused-ring (bicyclic) bond motifs is 1. The van der Waals surface area contributed by atoms with E-state index >= 15 is 0 Å². The fourth-order valence-electron chi connectivity index (χ4n) is 6.35. The number of hydrogen-bond acceptors (Lipinski definition) is 6. The lowest BCUT2D eigenvalue weighted by Gasteiger charge is -2.32. The van der Waals surface area contributed by atoms with E-state index in [-0.39, 0.29) is 24.3 Å². The Labute approximate surface area is 249 Å². The zero-order valence-electron chi connectivity index (χ0n) is 23.5. The van der Waals surface area contributed by atoms with Gasteiger partial charge in [0.25, 0.3) is 0 Å². The van der Waals surface area contributed by atoms with Gasteiger partial charge in [0, 0.05) is 35.4 Å². The molecular weight excluding hydrogens is 559 g/mol. The number of carbonyl (C=O) groups is 1. The monoisotopic (exact) mass is 592 g/mol. The van der Waals surface area contributed by atoms with Crippen molar-refractivity contribution in [2.75, 3.05) is 20.2 Å². The molecule has 0 unspecified atom stereocenters. The summed E-state index contributed by atoms with van der Waals surface area (Å²) in [4.78, 5) is 23.8. The molecule has 0 bridgehead atoms. The lowest BCUT2D eigenvalue weighted by atomic mass is 9.93. The normalized spacial score (nSPS) is 19.9. The third-order valence-corrected chi connectivity index (χ3v) is 8.80. The maximum atomic E-state index is 14.2. The molecule has 1 N–H and O–H groups in total. The number of carboxylic acid groups (broad SMARTS) is 1. The number of imidazole rings is 1. The van der Waals surface area contributed by atoms with Gasteiger partial charge >= 0.3 is 5.97 Å². The molecule has 0 amide bonds. The zero-order chi connectivity index (χ0) is 29.2. The molecule has 2 aromatic heterocycles. The van der Waals surface area contributed by atoms with Crippen molar-refractivity contribution in [3.8, 4) is 5.88 Å². The van der Waals surface area contributed by atoms with Crippen LogP contribution in [-0.2, 0) is 17.9 Å². The van der Waals surface area contributed by atoms with E-state index in [1.165, 1.54) is 6.07 Å². The van der Waals surface area contributed by atoms with Gasteiger partial charge in [-0.3, -0.25) is 4.90 Å². The van der Waals surface area contributed by atoms with Crippen LogP contribution in [0.1, 0.15) is 71.5 Å². The summed E-state index contributed by atoms with van der Waals surface area (Å²) in [6.07, 6.45) is 4.99. The first-order valence-electron chi connectivity index (χ1n) is 14.4. The molecule has 4 aromatic rings. The standard InChI is InChI=1S/C32H34ClFN4O4/c1-41-29-6-3-5-27(29)38-28-16-21(32(39)40)9-11-26(28)35-30(38)18-37-14-12-20(13-15-37)25-4-2-7-31(36-25)42-19-22-8-10-23(33)17-24(22)34/h2,4,7-11,16-17,20,27,29H,3,5-6,12-15,18-19H2,1H3,(H,39,40)/t27-,29-/m0/s1. The summed E-state index contributed by atoms with van der Waals surface area (Å²) in [5.74, 6) is 0.378. The van der Waals surface area contributed by atoms with Gasteiger partial charge in [-0.05, 0) is 81.6 Å². The number of hydrogen-bond donors (Lipinski definition) is 1. The number of aromatic nitrogens is 3. The Bertz CT molecular complexity index is 1590. The molecule has 2 aromatic carbocycles. The van der Waals surface area contributed by atoms with E-state index in [4.69, 9.17) is 31.0 Å². The number of aromatic carboxylic acids is 1. The molecule has 3 heterocycles. The molecule has 1 saturated carbocycles. The third-order valence-electron chi connectivity index (χ3n) is 8.57. The van der Waals surface area contributed by atoms with Crippen LogP contribution in [0.2, 0.25) is 5.02 Å². The molecule has 10 heteroatoms. The molecule has 0 radical (unpaired) electrons. The lowest BCUT2D eigenvalue weighted by Crippen LogP contribution is -2.34. The van der Waals surface area contributed by atoms with E-state index in [1.54, 1.807) is 37.4 Å². The molecule has 220 valence electrons. The van der Waals surface area contributed by atoms with Crippen LogP contribution in [0.15, 0.2) is 54.6 Å². The Morgan fingerprint density at radius 2 is 1.90 bits per heavy atom. The van der Waals surface area contributed by atoms with Crippen molar-refractivity contribution in [2.24, 2.45) is 0 Å². The lowest BCUT2D eigenvalue weighted by molar-refractivity contribution is 0.0697. The first-order valence-corrected chi connectivity index (χ1v) is 14.8. The van der Waals surface area contributed by atoms with E-state index < -0.39 is 11.8 Å². The van der Waals surface area contributed by atoms with Crippen molar-refractivity contribution in [2.45, 2.75) is 63.3 Å². The van der Waals surface area contributed by atoms with Gasteiger partial charge in [-0.25, -0.2) is 19.2 Å². The Hall–Kier alpha value is -3.53. The summed E-state index contributed by atoms with van der Waals surface area (Å²) in [6, 6.07) is 15.6. The molecule has 0 spiro atoms. The summed E-state index contributed by atoms with van der Waals surface area (Å²) in [7, 11) is 1.75. The van der Waals surface area contributed by atoms with Crippen LogP contribution in [0, 0.1) is 5.82 Å². The number of halogens is 2. The molecule has 2 fully saturated rings. The predicted molar refractivity (Wildman–Crippen MR) is 158 cm³/mol. The first kappa shape index (κ1) is 28.6. The summed E-state index contributed by atoms with van der Waals surface area (Å²) in [5.41, 5.74) is 3.34. The van der Waals surface area contributed by atoms with Gasteiger partial charge in [-0.1, -0.05) is 23.7 Å². The van der Waals surface area contributed by atoms with Gasteiger partial charge in [-0.2, -0.15) is 0 Å². The molecule has 2 atom stereocenters. The van der Waals surface area contributed by atoms with E-state index in [2.05, 4.69) is 9.47 Å². The minimum absolute atomic E-state index is 0.0807. The quantitative estimate of drug-likeness (QED) is 0.234. The maximum Gasteiger partial charge on any atom is 0.335 e. The number of pyridine rings is 1. The summed E-state index contributed by atoms with van der Waals surface area (Å²) in [5, 5.41) is 9.96. The number of rotatable bonds is 9. The largest absolute Gasteiger partial charge is 0.478 e. The fourth-order valence-corrected chi connectivity index (χ4v) is 6.51. The van der Waals surface area contributed by atoms with Crippen molar-refractivity contribution in [1.29, 1.82) is 0 Å². The smallest absolute Gasteiger partial charge is 0.335 e. The van der Waals surface area contributed by atoms with Crippen LogP contribution < -0.4 is 4.74 Å². The summed E-state index contributed by atoms with van der Waals surface area (Å²) < 4.78 is 28.0. The summed E-state index contributed by atoms with van der Waals surface area (Å²) in [6.45, 7) is 2.53. The highest BCUT2D eigenvalue weighted by Crippen LogP contribution is 2.37.